The van der Waals surface area contributed by atoms with Gasteiger partial charge in [0.2, 0.25) is 0 Å². The lowest BCUT2D eigenvalue weighted by atomic mass is 9.80. The van der Waals surface area contributed by atoms with Crippen LogP contribution in [0.4, 0.5) is 4.39 Å². The number of halogens is 2. The summed E-state index contributed by atoms with van der Waals surface area (Å²) in [5, 5.41) is 1.17. The molecule has 0 saturated heterocycles. The van der Waals surface area contributed by atoms with Crippen molar-refractivity contribution in [2.24, 2.45) is 0 Å². The van der Waals surface area contributed by atoms with E-state index in [9.17, 15) is 4.39 Å². The fourth-order valence-corrected chi connectivity index (χ4v) is 6.73. The summed E-state index contributed by atoms with van der Waals surface area (Å²) in [4.78, 5) is 6.26. The number of H-pyrrole nitrogens is 1. The molecule has 5 aromatic rings. The van der Waals surface area contributed by atoms with Gasteiger partial charge in [0, 0.05) is 33.7 Å². The molecule has 0 amide bonds. The number of aromatic nitrogens is 1. The third-order valence-corrected chi connectivity index (χ3v) is 9.00. The van der Waals surface area contributed by atoms with Crippen LogP contribution in [-0.2, 0) is 19.4 Å². The molecule has 0 spiro atoms. The number of hydrogen-bond acceptors (Lipinski definition) is 4. The van der Waals surface area contributed by atoms with Crippen molar-refractivity contribution in [2.45, 2.75) is 31.5 Å². The predicted octanol–water partition coefficient (Wildman–Crippen LogP) is 7.91. The number of nitrogens with one attached hydrogen (secondary N) is 1. The molecule has 41 heavy (non-hydrogen) atoms. The summed E-state index contributed by atoms with van der Waals surface area (Å²) in [6.45, 7) is 1.33. The molecule has 7 rings (SSSR count). The summed E-state index contributed by atoms with van der Waals surface area (Å²) in [7, 11) is 3.39. The van der Waals surface area contributed by atoms with E-state index >= 15 is 0 Å². The van der Waals surface area contributed by atoms with Crippen LogP contribution in [-0.4, -0.2) is 30.6 Å². The van der Waals surface area contributed by atoms with Crippen molar-refractivity contribution in [3.63, 3.8) is 0 Å². The first kappa shape index (κ1) is 26.1. The molecule has 0 aliphatic carbocycles. The van der Waals surface area contributed by atoms with Gasteiger partial charge in [0.15, 0.2) is 11.5 Å². The Labute approximate surface area is 247 Å². The summed E-state index contributed by atoms with van der Waals surface area (Å²) in [5.74, 6) is 2.09. The molecule has 0 fully saturated rings. The number of benzene rings is 4. The Kier molecular flexibility index (Phi) is 6.72. The van der Waals surface area contributed by atoms with Crippen molar-refractivity contribution in [3.8, 4) is 17.2 Å². The lowest BCUT2D eigenvalue weighted by molar-refractivity contribution is 0.127. The van der Waals surface area contributed by atoms with Crippen LogP contribution in [0.3, 0.4) is 0 Å². The smallest absolute Gasteiger partial charge is 0.161 e. The third kappa shape index (κ3) is 4.67. The van der Waals surface area contributed by atoms with Crippen molar-refractivity contribution < 1.29 is 18.6 Å². The summed E-state index contributed by atoms with van der Waals surface area (Å²) >= 11 is 3.49. The summed E-state index contributed by atoms with van der Waals surface area (Å²) in [5.41, 5.74) is 8.21. The minimum atomic E-state index is -0.230. The van der Waals surface area contributed by atoms with Crippen LogP contribution in [0.1, 0.15) is 45.6 Å². The number of hydrogen-bond donors (Lipinski definition) is 1. The van der Waals surface area contributed by atoms with Crippen LogP contribution >= 0.6 is 15.9 Å². The molecule has 0 bridgehead atoms. The van der Waals surface area contributed by atoms with Gasteiger partial charge in [-0.3, -0.25) is 4.90 Å². The average Bonchev–Trinajstić information content (AvgIpc) is 3.37. The highest BCUT2D eigenvalue weighted by molar-refractivity contribution is 9.10. The zero-order valence-electron chi connectivity index (χ0n) is 22.9. The minimum Gasteiger partial charge on any atom is -0.497 e. The van der Waals surface area contributed by atoms with Crippen LogP contribution in [0.2, 0.25) is 0 Å². The highest BCUT2D eigenvalue weighted by atomic mass is 79.9. The van der Waals surface area contributed by atoms with E-state index in [-0.39, 0.29) is 17.9 Å². The van der Waals surface area contributed by atoms with Gasteiger partial charge >= 0.3 is 0 Å². The third-order valence-electron chi connectivity index (χ3n) is 8.47. The van der Waals surface area contributed by atoms with Crippen LogP contribution in [0.5, 0.6) is 17.2 Å². The highest BCUT2D eigenvalue weighted by Gasteiger charge is 2.41. The summed E-state index contributed by atoms with van der Waals surface area (Å²) in [6, 6.07) is 25.7. The van der Waals surface area contributed by atoms with Gasteiger partial charge in [0.1, 0.15) is 18.2 Å². The fraction of sp³-hybridized carbons (Fsp3) is 0.235. The second-order valence-electron chi connectivity index (χ2n) is 10.7. The Hall–Kier alpha value is -3.81. The molecule has 1 N–H and O–H groups in total. The van der Waals surface area contributed by atoms with Gasteiger partial charge in [-0.05, 0) is 95.3 Å². The van der Waals surface area contributed by atoms with E-state index in [0.717, 1.165) is 57.8 Å². The molecule has 208 valence electrons. The summed E-state index contributed by atoms with van der Waals surface area (Å²) < 4.78 is 32.7. The number of nitrogens with zero attached hydrogens (tertiary/aromatic N) is 1. The lowest BCUT2D eigenvalue weighted by Crippen LogP contribution is -2.43. The first-order valence-electron chi connectivity index (χ1n) is 13.8. The maximum atomic E-state index is 14.0. The molecule has 0 saturated carbocycles. The highest BCUT2D eigenvalue weighted by Crippen LogP contribution is 2.50. The van der Waals surface area contributed by atoms with Crippen LogP contribution < -0.4 is 14.2 Å². The standard InChI is InChI=1S/C34H30BrFN2O3/c1-39-25-11-12-29-27(16-25)28-17-30-26-18-31(40-2)32(41-19-20-3-7-23(35)8-4-20)15-22(26)13-14-38(30)34(33(28)37-29)21-5-9-24(36)10-6-21/h3-12,15-16,18,30,34,37H,13-14,17,19H2,1-2H3. The molecule has 5 nitrogen and oxygen atoms in total. The quantitative estimate of drug-likeness (QED) is 0.212. The van der Waals surface area contributed by atoms with Gasteiger partial charge in [0.05, 0.1) is 20.3 Å². The van der Waals surface area contributed by atoms with Crippen LogP contribution in [0.15, 0.2) is 83.3 Å². The van der Waals surface area contributed by atoms with Crippen molar-refractivity contribution in [1.82, 2.24) is 9.88 Å². The SMILES string of the molecule is COc1ccc2[nH]c3c(c2c1)CC1c2cc(OC)c(OCc4ccc(Br)cc4)cc2CCN1C3c1ccc(F)cc1. The van der Waals surface area contributed by atoms with Gasteiger partial charge in [-0.2, -0.15) is 0 Å². The van der Waals surface area contributed by atoms with E-state index in [1.807, 2.05) is 30.3 Å². The number of ether oxygens (including phenoxy) is 3. The van der Waals surface area contributed by atoms with Crippen LogP contribution in [0, 0.1) is 5.82 Å². The van der Waals surface area contributed by atoms with Gasteiger partial charge in [0.25, 0.3) is 0 Å². The van der Waals surface area contributed by atoms with E-state index in [4.69, 9.17) is 14.2 Å². The molecule has 1 aromatic heterocycles. The maximum Gasteiger partial charge on any atom is 0.161 e. The Balaban J connectivity index is 1.31. The van der Waals surface area contributed by atoms with E-state index in [1.165, 1.54) is 27.8 Å². The molecule has 2 atom stereocenters. The second kappa shape index (κ2) is 10.5. The fourth-order valence-electron chi connectivity index (χ4n) is 6.47. The molecule has 2 aliphatic heterocycles. The monoisotopic (exact) mass is 612 g/mol. The van der Waals surface area contributed by atoms with E-state index in [0.29, 0.717) is 6.61 Å². The van der Waals surface area contributed by atoms with Crippen molar-refractivity contribution >= 4 is 26.8 Å². The first-order valence-corrected chi connectivity index (χ1v) is 14.6. The molecule has 7 heteroatoms. The molecule has 2 unspecified atom stereocenters. The normalized spacial score (nSPS) is 18.0. The van der Waals surface area contributed by atoms with Crippen LogP contribution in [0.25, 0.3) is 10.9 Å². The molecule has 3 heterocycles. The predicted molar refractivity (Wildman–Crippen MR) is 161 cm³/mol. The number of methoxy groups -OCH3 is 2. The number of fused-ring (bicyclic) bond motifs is 6. The second-order valence-corrected chi connectivity index (χ2v) is 11.6. The van der Waals surface area contributed by atoms with Crippen molar-refractivity contribution in [2.75, 3.05) is 20.8 Å². The zero-order chi connectivity index (χ0) is 28.1. The zero-order valence-corrected chi connectivity index (χ0v) is 24.5. The molecule has 4 aromatic carbocycles. The summed E-state index contributed by atoms with van der Waals surface area (Å²) in [6.07, 6.45) is 1.72. The first-order chi connectivity index (χ1) is 20.0. The Morgan fingerprint density at radius 3 is 2.49 bits per heavy atom. The van der Waals surface area contributed by atoms with Gasteiger partial charge in [-0.1, -0.05) is 40.2 Å². The molecule has 2 aliphatic rings. The van der Waals surface area contributed by atoms with Crippen molar-refractivity contribution in [3.05, 3.63) is 123 Å². The number of aromatic amines is 1. The van der Waals surface area contributed by atoms with E-state index in [1.54, 1.807) is 26.4 Å². The number of rotatable bonds is 6. The largest absolute Gasteiger partial charge is 0.497 e. The molecule has 0 radical (unpaired) electrons. The maximum absolute atomic E-state index is 14.0. The topological polar surface area (TPSA) is 46.7 Å². The molecular weight excluding hydrogens is 583 g/mol. The lowest BCUT2D eigenvalue weighted by Gasteiger charge is -2.46. The van der Waals surface area contributed by atoms with Gasteiger partial charge in [-0.15, -0.1) is 0 Å². The van der Waals surface area contributed by atoms with Crippen molar-refractivity contribution in [1.29, 1.82) is 0 Å². The molecular formula is C34H30BrFN2O3. The Morgan fingerprint density at radius 1 is 0.927 bits per heavy atom. The minimum absolute atomic E-state index is 0.0322. The van der Waals surface area contributed by atoms with Gasteiger partial charge < -0.3 is 19.2 Å². The Bertz CT molecular complexity index is 1730. The Morgan fingerprint density at radius 2 is 1.73 bits per heavy atom. The average molecular weight is 614 g/mol. The van der Waals surface area contributed by atoms with Gasteiger partial charge in [-0.25, -0.2) is 4.39 Å². The van der Waals surface area contributed by atoms with E-state index in [2.05, 4.69) is 62.2 Å². The van der Waals surface area contributed by atoms with E-state index < -0.39 is 0 Å².